The minimum Gasteiger partial charge on any atom is -0.300 e. The molecule has 1 aliphatic heterocycles. The fourth-order valence-electron chi connectivity index (χ4n) is 2.71. The van der Waals surface area contributed by atoms with Crippen molar-refractivity contribution in [3.05, 3.63) is 34.9 Å². The van der Waals surface area contributed by atoms with Crippen LogP contribution in [-0.2, 0) is 11.3 Å². The number of Topliss-reactive ketones (excluding diaryl/α,β-unsaturated/α-hetero) is 1. The number of carbonyl (C=O) groups is 1. The Labute approximate surface area is 114 Å². The number of carbonyl (C=O) groups excluding carboxylic acids is 1. The number of likely N-dealkylation sites (tertiary alicyclic amines) is 1. The molecule has 2 rings (SSSR count). The van der Waals surface area contributed by atoms with E-state index in [0.717, 1.165) is 38.0 Å². The van der Waals surface area contributed by atoms with Crippen LogP contribution >= 0.6 is 0 Å². The molecule has 0 N–H and O–H groups in total. The number of nitriles is 1. The van der Waals surface area contributed by atoms with Gasteiger partial charge < -0.3 is 0 Å². The molecule has 0 bridgehead atoms. The zero-order valence-corrected chi connectivity index (χ0v) is 11.6. The summed E-state index contributed by atoms with van der Waals surface area (Å²) in [7, 11) is 0. The predicted octanol–water partition coefficient (Wildman–Crippen LogP) is 2.67. The summed E-state index contributed by atoms with van der Waals surface area (Å²) < 4.78 is 0. The molecule has 0 aliphatic carbocycles. The zero-order valence-electron chi connectivity index (χ0n) is 11.6. The summed E-state index contributed by atoms with van der Waals surface area (Å²) >= 11 is 0. The van der Waals surface area contributed by atoms with E-state index < -0.39 is 0 Å². The van der Waals surface area contributed by atoms with Crippen LogP contribution in [0.1, 0.15) is 36.5 Å². The molecule has 1 aromatic rings. The first kappa shape index (κ1) is 13.8. The average molecular weight is 256 g/mol. The molecule has 0 spiro atoms. The molecule has 1 atom stereocenters. The van der Waals surface area contributed by atoms with Gasteiger partial charge in [0, 0.05) is 19.0 Å². The molecule has 1 heterocycles. The van der Waals surface area contributed by atoms with E-state index in [1.807, 2.05) is 25.1 Å². The summed E-state index contributed by atoms with van der Waals surface area (Å²) in [6.45, 7) is 6.54. The second kappa shape index (κ2) is 5.99. The lowest BCUT2D eigenvalue weighted by Crippen LogP contribution is -2.37. The third kappa shape index (κ3) is 3.42. The average Bonchev–Trinajstić information content (AvgIpc) is 2.41. The summed E-state index contributed by atoms with van der Waals surface area (Å²) in [5, 5.41) is 8.87. The highest BCUT2D eigenvalue weighted by molar-refractivity contribution is 5.78. The number of hydrogen-bond acceptors (Lipinski definition) is 3. The van der Waals surface area contributed by atoms with Crippen molar-refractivity contribution in [2.75, 3.05) is 13.1 Å². The van der Waals surface area contributed by atoms with Crippen molar-refractivity contribution >= 4 is 5.78 Å². The second-order valence-electron chi connectivity index (χ2n) is 5.44. The highest BCUT2D eigenvalue weighted by atomic mass is 16.1. The lowest BCUT2D eigenvalue weighted by atomic mass is 9.94. The van der Waals surface area contributed by atoms with Crippen molar-refractivity contribution in [2.45, 2.75) is 33.2 Å². The lowest BCUT2D eigenvalue weighted by Gasteiger charge is -2.31. The van der Waals surface area contributed by atoms with Gasteiger partial charge in [0.25, 0.3) is 0 Å². The maximum Gasteiger partial charge on any atom is 0.134 e. The van der Waals surface area contributed by atoms with Crippen LogP contribution in [0.5, 0.6) is 0 Å². The molecule has 0 aromatic heterocycles. The molecule has 0 amide bonds. The first-order chi connectivity index (χ1) is 9.10. The van der Waals surface area contributed by atoms with Gasteiger partial charge in [0.2, 0.25) is 0 Å². The van der Waals surface area contributed by atoms with Gasteiger partial charge in [-0.05, 0) is 56.5 Å². The molecular formula is C16H20N2O. The number of nitrogens with zero attached hydrogens (tertiary/aromatic N) is 2. The molecular weight excluding hydrogens is 236 g/mol. The Hall–Kier alpha value is -1.66. The van der Waals surface area contributed by atoms with Gasteiger partial charge in [0.05, 0.1) is 11.6 Å². The molecule has 1 saturated heterocycles. The van der Waals surface area contributed by atoms with E-state index >= 15 is 0 Å². The number of ketones is 1. The standard InChI is InChI=1S/C16H20N2O/c1-12-8-14(9-17)5-6-15(12)10-18-7-3-4-16(11-18)13(2)19/h5-6,8,16H,3-4,7,10-11H2,1-2H3. The predicted molar refractivity (Wildman–Crippen MR) is 74.6 cm³/mol. The molecule has 0 saturated carbocycles. The van der Waals surface area contributed by atoms with E-state index in [0.29, 0.717) is 11.3 Å². The van der Waals surface area contributed by atoms with Crippen LogP contribution in [0.2, 0.25) is 0 Å². The Morgan fingerprint density at radius 2 is 2.32 bits per heavy atom. The minimum absolute atomic E-state index is 0.201. The fourth-order valence-corrected chi connectivity index (χ4v) is 2.71. The topological polar surface area (TPSA) is 44.1 Å². The second-order valence-corrected chi connectivity index (χ2v) is 5.44. The Morgan fingerprint density at radius 3 is 2.95 bits per heavy atom. The quantitative estimate of drug-likeness (QED) is 0.835. The minimum atomic E-state index is 0.201. The zero-order chi connectivity index (χ0) is 13.8. The molecule has 1 aliphatic rings. The molecule has 0 radical (unpaired) electrons. The Bertz CT molecular complexity index is 516. The van der Waals surface area contributed by atoms with Crippen LogP contribution in [0.3, 0.4) is 0 Å². The van der Waals surface area contributed by atoms with Gasteiger partial charge in [-0.3, -0.25) is 9.69 Å². The number of benzene rings is 1. The largest absolute Gasteiger partial charge is 0.300 e. The summed E-state index contributed by atoms with van der Waals surface area (Å²) in [6.07, 6.45) is 2.12. The van der Waals surface area contributed by atoms with Crippen LogP contribution in [0.4, 0.5) is 0 Å². The van der Waals surface area contributed by atoms with Crippen LogP contribution in [0.25, 0.3) is 0 Å². The lowest BCUT2D eigenvalue weighted by molar-refractivity contribution is -0.122. The van der Waals surface area contributed by atoms with E-state index in [1.54, 1.807) is 6.92 Å². The van der Waals surface area contributed by atoms with Gasteiger partial charge >= 0.3 is 0 Å². The molecule has 100 valence electrons. The molecule has 3 nitrogen and oxygen atoms in total. The Balaban J connectivity index is 2.05. The van der Waals surface area contributed by atoms with Crippen molar-refractivity contribution in [1.29, 1.82) is 5.26 Å². The van der Waals surface area contributed by atoms with Crippen LogP contribution in [-0.4, -0.2) is 23.8 Å². The Kier molecular flexibility index (Phi) is 4.34. The van der Waals surface area contributed by atoms with Gasteiger partial charge in [-0.25, -0.2) is 0 Å². The van der Waals surface area contributed by atoms with Crippen molar-refractivity contribution < 1.29 is 4.79 Å². The number of aryl methyl sites for hydroxylation is 1. The van der Waals surface area contributed by atoms with Crippen molar-refractivity contribution in [3.63, 3.8) is 0 Å². The maximum absolute atomic E-state index is 11.5. The molecule has 3 heteroatoms. The summed E-state index contributed by atoms with van der Waals surface area (Å²) in [6, 6.07) is 8.00. The fraction of sp³-hybridized carbons (Fsp3) is 0.500. The van der Waals surface area contributed by atoms with E-state index in [9.17, 15) is 4.79 Å². The Morgan fingerprint density at radius 1 is 1.53 bits per heavy atom. The van der Waals surface area contributed by atoms with Gasteiger partial charge in [-0.1, -0.05) is 6.07 Å². The molecule has 19 heavy (non-hydrogen) atoms. The van der Waals surface area contributed by atoms with E-state index in [-0.39, 0.29) is 5.92 Å². The van der Waals surface area contributed by atoms with Crippen LogP contribution in [0.15, 0.2) is 18.2 Å². The summed E-state index contributed by atoms with van der Waals surface area (Å²) in [5.74, 6) is 0.508. The van der Waals surface area contributed by atoms with Crippen LogP contribution in [0, 0.1) is 24.2 Å². The number of hydrogen-bond donors (Lipinski definition) is 0. The van der Waals surface area contributed by atoms with Crippen molar-refractivity contribution in [2.24, 2.45) is 5.92 Å². The smallest absolute Gasteiger partial charge is 0.134 e. The van der Waals surface area contributed by atoms with E-state index in [2.05, 4.69) is 11.0 Å². The highest BCUT2D eigenvalue weighted by Crippen LogP contribution is 2.20. The summed E-state index contributed by atoms with van der Waals surface area (Å²) in [4.78, 5) is 13.8. The first-order valence-corrected chi connectivity index (χ1v) is 6.82. The summed E-state index contributed by atoms with van der Waals surface area (Å²) in [5.41, 5.74) is 3.12. The van der Waals surface area contributed by atoms with Crippen molar-refractivity contribution in [1.82, 2.24) is 4.90 Å². The highest BCUT2D eigenvalue weighted by Gasteiger charge is 2.23. The normalized spacial score (nSPS) is 19.9. The third-order valence-electron chi connectivity index (χ3n) is 3.95. The molecule has 1 aromatic carbocycles. The number of piperidine rings is 1. The van der Waals surface area contributed by atoms with E-state index in [4.69, 9.17) is 5.26 Å². The van der Waals surface area contributed by atoms with E-state index in [1.165, 1.54) is 5.56 Å². The monoisotopic (exact) mass is 256 g/mol. The third-order valence-corrected chi connectivity index (χ3v) is 3.95. The molecule has 1 unspecified atom stereocenters. The van der Waals surface area contributed by atoms with Crippen molar-refractivity contribution in [3.8, 4) is 6.07 Å². The van der Waals surface area contributed by atoms with Crippen LogP contribution < -0.4 is 0 Å². The number of rotatable bonds is 3. The van der Waals surface area contributed by atoms with Gasteiger partial charge in [0.15, 0.2) is 0 Å². The molecule has 1 fully saturated rings. The SMILES string of the molecule is CC(=O)C1CCCN(Cc2ccc(C#N)cc2C)C1. The first-order valence-electron chi connectivity index (χ1n) is 6.82. The van der Waals surface area contributed by atoms with Gasteiger partial charge in [-0.15, -0.1) is 0 Å². The van der Waals surface area contributed by atoms with Gasteiger partial charge in [-0.2, -0.15) is 5.26 Å². The van der Waals surface area contributed by atoms with Gasteiger partial charge in [0.1, 0.15) is 5.78 Å². The maximum atomic E-state index is 11.5.